The molecule has 7 nitrogen and oxygen atoms in total. The minimum Gasteiger partial charge on any atom is -0.455 e. The second-order valence-electron chi connectivity index (χ2n) is 6.73. The number of rotatable bonds is 6. The van der Waals surface area contributed by atoms with Gasteiger partial charge in [-0.15, -0.1) is 0 Å². The number of nitro benzene ring substituents is 1. The van der Waals surface area contributed by atoms with Crippen molar-refractivity contribution in [3.8, 4) is 11.3 Å². The van der Waals surface area contributed by atoms with Gasteiger partial charge in [0.05, 0.1) is 22.6 Å². The topological polar surface area (TPSA) is 97.7 Å². The summed E-state index contributed by atoms with van der Waals surface area (Å²) < 4.78 is 5.64. The van der Waals surface area contributed by atoms with Crippen molar-refractivity contribution >= 4 is 40.2 Å². The summed E-state index contributed by atoms with van der Waals surface area (Å²) in [7, 11) is 0. The number of fused-ring (bicyclic) bond motifs is 1. The number of benzene rings is 3. The summed E-state index contributed by atoms with van der Waals surface area (Å²) in [6.07, 6.45) is 1.54. The second-order valence-corrected chi connectivity index (χ2v) is 7.14. The molecule has 154 valence electrons. The van der Waals surface area contributed by atoms with Crippen molar-refractivity contribution in [2.75, 3.05) is 0 Å². The summed E-state index contributed by atoms with van der Waals surface area (Å²) in [5.74, 6) is 0.460. The first kappa shape index (κ1) is 20.3. The number of non-ortho nitro benzene ring substituents is 1. The van der Waals surface area contributed by atoms with E-state index in [0.717, 1.165) is 16.3 Å². The Morgan fingerprint density at radius 1 is 1.10 bits per heavy atom. The molecule has 0 aliphatic rings. The quantitative estimate of drug-likeness (QED) is 0.251. The lowest BCUT2D eigenvalue weighted by atomic mass is 10.0. The van der Waals surface area contributed by atoms with E-state index in [9.17, 15) is 14.9 Å². The number of hydrogen-bond acceptors (Lipinski definition) is 5. The number of furan rings is 1. The first-order valence-electron chi connectivity index (χ1n) is 9.34. The summed E-state index contributed by atoms with van der Waals surface area (Å²) in [5.41, 5.74) is 3.70. The van der Waals surface area contributed by atoms with Crippen LogP contribution in [0.2, 0.25) is 5.02 Å². The Kier molecular flexibility index (Phi) is 5.77. The Balaban J connectivity index is 1.43. The fraction of sp³-hybridized carbons (Fsp3) is 0.0435. The van der Waals surface area contributed by atoms with E-state index < -0.39 is 4.92 Å². The number of carbonyl (C=O) groups excluding carboxylic acids is 1. The number of halogens is 1. The van der Waals surface area contributed by atoms with Gasteiger partial charge in [-0.2, -0.15) is 5.10 Å². The zero-order chi connectivity index (χ0) is 21.8. The highest BCUT2D eigenvalue weighted by atomic mass is 35.5. The monoisotopic (exact) mass is 433 g/mol. The van der Waals surface area contributed by atoms with Crippen LogP contribution >= 0.6 is 11.6 Å². The third-order valence-electron chi connectivity index (χ3n) is 4.66. The van der Waals surface area contributed by atoms with E-state index in [2.05, 4.69) is 10.5 Å². The molecular formula is C23H16ClN3O4. The molecule has 0 aliphatic heterocycles. The average Bonchev–Trinajstić information content (AvgIpc) is 3.23. The summed E-state index contributed by atoms with van der Waals surface area (Å²) in [6.45, 7) is 0. The first-order valence-corrected chi connectivity index (χ1v) is 9.72. The number of nitrogens with one attached hydrogen (secondary N) is 1. The summed E-state index contributed by atoms with van der Waals surface area (Å²) in [4.78, 5) is 22.8. The number of hydrogen-bond donors (Lipinski definition) is 1. The Bertz CT molecular complexity index is 1310. The Labute approximate surface area is 182 Å². The molecule has 0 fully saturated rings. The van der Waals surface area contributed by atoms with Crippen LogP contribution < -0.4 is 5.43 Å². The lowest BCUT2D eigenvalue weighted by molar-refractivity contribution is -0.384. The highest BCUT2D eigenvalue weighted by Gasteiger charge is 2.14. The van der Waals surface area contributed by atoms with Crippen molar-refractivity contribution in [3.05, 3.63) is 99.3 Å². The van der Waals surface area contributed by atoms with Crippen LogP contribution in [0.15, 0.2) is 82.3 Å². The highest BCUT2D eigenvalue weighted by Crippen LogP contribution is 2.32. The largest absolute Gasteiger partial charge is 0.455 e. The van der Waals surface area contributed by atoms with Gasteiger partial charge in [-0.3, -0.25) is 14.9 Å². The van der Waals surface area contributed by atoms with Gasteiger partial charge in [0.15, 0.2) is 0 Å². The first-order chi connectivity index (χ1) is 15.0. The molecule has 0 aliphatic carbocycles. The summed E-state index contributed by atoms with van der Waals surface area (Å²) >= 11 is 6.14. The molecule has 31 heavy (non-hydrogen) atoms. The molecular weight excluding hydrogens is 418 g/mol. The molecule has 4 rings (SSSR count). The van der Waals surface area contributed by atoms with Crippen LogP contribution in [-0.2, 0) is 11.2 Å². The van der Waals surface area contributed by atoms with Crippen LogP contribution in [0.4, 0.5) is 5.69 Å². The molecule has 0 radical (unpaired) electrons. The van der Waals surface area contributed by atoms with E-state index in [1.165, 1.54) is 24.4 Å². The van der Waals surface area contributed by atoms with E-state index in [4.69, 9.17) is 16.0 Å². The lowest BCUT2D eigenvalue weighted by Crippen LogP contribution is -2.19. The van der Waals surface area contributed by atoms with Crippen molar-refractivity contribution in [1.82, 2.24) is 5.43 Å². The van der Waals surface area contributed by atoms with Gasteiger partial charge in [-0.25, -0.2) is 5.43 Å². The Morgan fingerprint density at radius 3 is 2.74 bits per heavy atom. The molecule has 4 aromatic rings. The van der Waals surface area contributed by atoms with Crippen molar-refractivity contribution in [2.45, 2.75) is 6.42 Å². The maximum absolute atomic E-state index is 12.3. The average molecular weight is 434 g/mol. The minimum absolute atomic E-state index is 0.0910. The van der Waals surface area contributed by atoms with Crippen molar-refractivity contribution in [2.24, 2.45) is 5.10 Å². The molecule has 1 heterocycles. The summed E-state index contributed by atoms with van der Waals surface area (Å²) in [6, 6.07) is 21.0. The van der Waals surface area contributed by atoms with Crippen LogP contribution in [0.25, 0.3) is 22.1 Å². The molecule has 8 heteroatoms. The summed E-state index contributed by atoms with van der Waals surface area (Å²) in [5, 5.41) is 17.3. The molecule has 0 bridgehead atoms. The van der Waals surface area contributed by atoms with Gasteiger partial charge in [0.1, 0.15) is 11.5 Å². The third-order valence-corrected chi connectivity index (χ3v) is 4.99. The number of hydrazone groups is 1. The highest BCUT2D eigenvalue weighted by molar-refractivity contribution is 6.33. The van der Waals surface area contributed by atoms with E-state index in [1.807, 2.05) is 42.5 Å². The predicted octanol–water partition coefficient (Wildman–Crippen LogP) is 5.35. The van der Waals surface area contributed by atoms with Gasteiger partial charge >= 0.3 is 0 Å². The van der Waals surface area contributed by atoms with Crippen molar-refractivity contribution in [1.29, 1.82) is 0 Å². The number of nitro groups is 1. The molecule has 0 unspecified atom stereocenters. The van der Waals surface area contributed by atoms with Crippen LogP contribution in [0.5, 0.6) is 0 Å². The van der Waals surface area contributed by atoms with Gasteiger partial charge in [0.25, 0.3) is 5.69 Å². The van der Waals surface area contributed by atoms with Crippen molar-refractivity contribution in [3.63, 3.8) is 0 Å². The Morgan fingerprint density at radius 2 is 1.90 bits per heavy atom. The van der Waals surface area contributed by atoms with E-state index in [1.54, 1.807) is 12.1 Å². The SMILES string of the molecule is O=C(Cc1cccc2ccccc12)N/N=C\c1ccc(-c2cc([N+](=O)[O-])ccc2Cl)o1. The molecule has 3 aromatic carbocycles. The molecule has 1 aromatic heterocycles. The molecule has 0 saturated carbocycles. The van der Waals surface area contributed by atoms with Gasteiger partial charge in [-0.05, 0) is 34.5 Å². The molecule has 1 N–H and O–H groups in total. The van der Waals surface area contributed by atoms with Gasteiger partial charge in [0, 0.05) is 17.7 Å². The number of nitrogens with zero attached hydrogens (tertiary/aromatic N) is 2. The Hall–Kier alpha value is -3.97. The zero-order valence-corrected chi connectivity index (χ0v) is 16.9. The second kappa shape index (κ2) is 8.81. The minimum atomic E-state index is -0.503. The number of amides is 1. The normalized spacial score (nSPS) is 11.1. The third kappa shape index (κ3) is 4.62. The van der Waals surface area contributed by atoms with Gasteiger partial charge in [0.2, 0.25) is 5.91 Å². The standard InChI is InChI=1S/C23H16ClN3O4/c24-21-10-8-17(27(29)30)13-20(21)22-11-9-18(31-22)14-25-26-23(28)12-16-6-3-5-15-4-1-2-7-19(15)16/h1-11,13-14H,12H2,(H,26,28)/b25-14-. The fourth-order valence-corrected chi connectivity index (χ4v) is 3.42. The molecule has 0 spiro atoms. The van der Waals surface area contributed by atoms with Crippen LogP contribution in [0, 0.1) is 10.1 Å². The molecule has 1 amide bonds. The van der Waals surface area contributed by atoms with Crippen LogP contribution in [0.3, 0.4) is 0 Å². The van der Waals surface area contributed by atoms with Gasteiger partial charge in [-0.1, -0.05) is 54.1 Å². The maximum Gasteiger partial charge on any atom is 0.270 e. The van der Waals surface area contributed by atoms with E-state index in [-0.39, 0.29) is 18.0 Å². The number of carbonyl (C=O) groups is 1. The predicted molar refractivity (Wildman–Crippen MR) is 119 cm³/mol. The maximum atomic E-state index is 12.3. The van der Waals surface area contributed by atoms with Crippen LogP contribution in [-0.4, -0.2) is 17.0 Å². The lowest BCUT2D eigenvalue weighted by Gasteiger charge is -2.05. The zero-order valence-electron chi connectivity index (χ0n) is 16.1. The van der Waals surface area contributed by atoms with E-state index >= 15 is 0 Å². The molecule has 0 saturated heterocycles. The molecule has 0 atom stereocenters. The van der Waals surface area contributed by atoms with E-state index in [0.29, 0.717) is 22.1 Å². The van der Waals surface area contributed by atoms with Gasteiger partial charge < -0.3 is 4.42 Å². The smallest absolute Gasteiger partial charge is 0.270 e. The van der Waals surface area contributed by atoms with Crippen LogP contribution in [0.1, 0.15) is 11.3 Å². The van der Waals surface area contributed by atoms with Crippen molar-refractivity contribution < 1.29 is 14.1 Å². The fourth-order valence-electron chi connectivity index (χ4n) is 3.21.